The Kier molecular flexibility index (Phi) is 5.22. The highest BCUT2D eigenvalue weighted by Crippen LogP contribution is 2.31. The Balaban J connectivity index is 2.92. The molecule has 0 radical (unpaired) electrons. The Morgan fingerprint density at radius 3 is 2.40 bits per heavy atom. The van der Waals surface area contributed by atoms with E-state index < -0.39 is 6.03 Å². The van der Waals surface area contributed by atoms with Gasteiger partial charge in [-0.15, -0.1) is 11.8 Å². The fourth-order valence-electron chi connectivity index (χ4n) is 1.66. The molecule has 0 unspecified atom stereocenters. The average molecular weight is 294 g/mol. The van der Waals surface area contributed by atoms with Gasteiger partial charge >= 0.3 is 6.03 Å². The van der Waals surface area contributed by atoms with Crippen molar-refractivity contribution in [2.75, 3.05) is 0 Å². The maximum absolute atomic E-state index is 11.7. The van der Waals surface area contributed by atoms with E-state index in [1.54, 1.807) is 6.92 Å². The van der Waals surface area contributed by atoms with Crippen LogP contribution in [0.15, 0.2) is 23.1 Å². The lowest BCUT2D eigenvalue weighted by Crippen LogP contribution is -2.39. The lowest BCUT2D eigenvalue weighted by molar-refractivity contribution is -0.119. The molecular formula is C15H22N2O2S. The lowest BCUT2D eigenvalue weighted by Gasteiger charge is -2.21. The minimum atomic E-state index is -0.817. The van der Waals surface area contributed by atoms with E-state index in [0.29, 0.717) is 0 Å². The van der Waals surface area contributed by atoms with Crippen molar-refractivity contribution >= 4 is 23.7 Å². The zero-order valence-corrected chi connectivity index (χ0v) is 13.4. The van der Waals surface area contributed by atoms with Crippen molar-refractivity contribution in [1.29, 1.82) is 0 Å². The number of primary amides is 1. The van der Waals surface area contributed by atoms with E-state index >= 15 is 0 Å². The van der Waals surface area contributed by atoms with Gasteiger partial charge in [0.05, 0.1) is 5.25 Å². The zero-order chi connectivity index (χ0) is 15.5. The molecule has 1 aromatic rings. The molecular weight excluding hydrogens is 272 g/mol. The highest BCUT2D eigenvalue weighted by atomic mass is 32.2. The van der Waals surface area contributed by atoms with Crippen LogP contribution in [-0.2, 0) is 10.2 Å². The number of carbonyl (C=O) groups excluding carboxylic acids is 2. The lowest BCUT2D eigenvalue weighted by atomic mass is 9.87. The summed E-state index contributed by atoms with van der Waals surface area (Å²) in [7, 11) is 0. The molecule has 1 aromatic carbocycles. The Labute approximate surface area is 124 Å². The molecule has 0 heterocycles. The Bertz CT molecular complexity index is 521. The van der Waals surface area contributed by atoms with Crippen LogP contribution >= 0.6 is 11.8 Å². The molecule has 0 aliphatic rings. The normalized spacial score (nSPS) is 12.8. The molecule has 0 aromatic heterocycles. The molecule has 0 saturated carbocycles. The maximum atomic E-state index is 11.7. The second-order valence-electron chi connectivity index (χ2n) is 5.84. The first-order valence-electron chi connectivity index (χ1n) is 6.49. The molecule has 0 saturated heterocycles. The first-order chi connectivity index (χ1) is 9.11. The first-order valence-corrected chi connectivity index (χ1v) is 7.37. The smallest absolute Gasteiger partial charge is 0.318 e. The topological polar surface area (TPSA) is 72.2 Å². The van der Waals surface area contributed by atoms with Crippen molar-refractivity contribution in [1.82, 2.24) is 5.32 Å². The number of rotatable bonds is 3. The van der Waals surface area contributed by atoms with E-state index in [-0.39, 0.29) is 16.6 Å². The number of nitrogens with two attached hydrogens (primary N) is 1. The molecule has 0 fully saturated rings. The van der Waals surface area contributed by atoms with Crippen LogP contribution < -0.4 is 11.1 Å². The van der Waals surface area contributed by atoms with Gasteiger partial charge in [-0.05, 0) is 36.5 Å². The summed E-state index contributed by atoms with van der Waals surface area (Å²) < 4.78 is 0. The third kappa shape index (κ3) is 4.56. The molecule has 1 rings (SSSR count). The minimum absolute atomic E-state index is 0.0573. The summed E-state index contributed by atoms with van der Waals surface area (Å²) in [5.41, 5.74) is 7.34. The molecule has 0 spiro atoms. The van der Waals surface area contributed by atoms with Gasteiger partial charge in [0, 0.05) is 4.90 Å². The molecule has 0 aliphatic heterocycles. The monoisotopic (exact) mass is 294 g/mol. The number of urea groups is 1. The van der Waals surface area contributed by atoms with Gasteiger partial charge in [0.2, 0.25) is 5.91 Å². The van der Waals surface area contributed by atoms with Crippen molar-refractivity contribution in [2.24, 2.45) is 5.73 Å². The number of carbonyl (C=O) groups is 2. The second-order valence-corrected chi connectivity index (χ2v) is 7.23. The van der Waals surface area contributed by atoms with Crippen molar-refractivity contribution in [3.05, 3.63) is 29.3 Å². The molecule has 1 atom stereocenters. The number of hydrogen-bond donors (Lipinski definition) is 2. The molecule has 4 nitrogen and oxygen atoms in total. The van der Waals surface area contributed by atoms with Gasteiger partial charge in [-0.2, -0.15) is 0 Å². The van der Waals surface area contributed by atoms with Crippen LogP contribution in [0.25, 0.3) is 0 Å². The Morgan fingerprint density at radius 2 is 1.90 bits per heavy atom. The predicted molar refractivity (Wildman–Crippen MR) is 82.9 cm³/mol. The molecule has 5 heteroatoms. The second kappa shape index (κ2) is 6.31. The van der Waals surface area contributed by atoms with E-state index in [1.807, 2.05) is 6.92 Å². The van der Waals surface area contributed by atoms with Crippen molar-refractivity contribution in [3.63, 3.8) is 0 Å². The van der Waals surface area contributed by atoms with E-state index in [0.717, 1.165) is 10.5 Å². The van der Waals surface area contributed by atoms with E-state index in [1.165, 1.54) is 17.3 Å². The van der Waals surface area contributed by atoms with Gasteiger partial charge in [0.1, 0.15) is 0 Å². The van der Waals surface area contributed by atoms with E-state index in [2.05, 4.69) is 44.3 Å². The highest BCUT2D eigenvalue weighted by molar-refractivity contribution is 8.00. The molecule has 3 N–H and O–H groups in total. The third-order valence-electron chi connectivity index (χ3n) is 2.97. The molecule has 3 amide bonds. The summed E-state index contributed by atoms with van der Waals surface area (Å²) in [5.74, 6) is -0.372. The van der Waals surface area contributed by atoms with Crippen LogP contribution in [0.1, 0.15) is 38.8 Å². The number of benzene rings is 1. The fourth-order valence-corrected chi connectivity index (χ4v) is 2.66. The summed E-state index contributed by atoms with van der Waals surface area (Å²) >= 11 is 1.43. The summed E-state index contributed by atoms with van der Waals surface area (Å²) in [4.78, 5) is 23.5. The van der Waals surface area contributed by atoms with Gasteiger partial charge in [0.25, 0.3) is 0 Å². The zero-order valence-electron chi connectivity index (χ0n) is 12.6. The van der Waals surface area contributed by atoms with Crippen LogP contribution in [0.5, 0.6) is 0 Å². The Hall–Kier alpha value is -1.49. The number of nitrogens with one attached hydrogen (secondary N) is 1. The van der Waals surface area contributed by atoms with E-state index in [9.17, 15) is 9.59 Å². The largest absolute Gasteiger partial charge is 0.351 e. The quantitative estimate of drug-likeness (QED) is 0.842. The number of amides is 3. The fraction of sp³-hybridized carbons (Fsp3) is 0.467. The van der Waals surface area contributed by atoms with Crippen LogP contribution in [-0.4, -0.2) is 17.2 Å². The summed E-state index contributed by atoms with van der Waals surface area (Å²) in [5, 5.41) is 1.73. The summed E-state index contributed by atoms with van der Waals surface area (Å²) in [6, 6.07) is 5.45. The van der Waals surface area contributed by atoms with Crippen molar-refractivity contribution in [2.45, 2.75) is 50.2 Å². The maximum Gasteiger partial charge on any atom is 0.318 e. The average Bonchev–Trinajstić information content (AvgIpc) is 2.29. The minimum Gasteiger partial charge on any atom is -0.351 e. The van der Waals surface area contributed by atoms with E-state index in [4.69, 9.17) is 5.73 Å². The van der Waals surface area contributed by atoms with Gasteiger partial charge < -0.3 is 5.73 Å². The van der Waals surface area contributed by atoms with Crippen molar-refractivity contribution in [3.8, 4) is 0 Å². The molecule has 20 heavy (non-hydrogen) atoms. The van der Waals surface area contributed by atoms with Gasteiger partial charge in [-0.1, -0.05) is 32.9 Å². The van der Waals surface area contributed by atoms with Crippen LogP contribution in [0.3, 0.4) is 0 Å². The SMILES string of the molecule is Cc1ccc(C(C)(C)C)cc1S[C@H](C)C(=O)NC(N)=O. The molecule has 0 aliphatic carbocycles. The number of aryl methyl sites for hydroxylation is 1. The first kappa shape index (κ1) is 16.6. The number of thioether (sulfide) groups is 1. The molecule has 0 bridgehead atoms. The van der Waals surface area contributed by atoms with Crippen LogP contribution in [0.2, 0.25) is 0 Å². The summed E-state index contributed by atoms with van der Waals surface area (Å²) in [6.45, 7) is 10.2. The van der Waals surface area contributed by atoms with Gasteiger partial charge in [-0.25, -0.2) is 4.79 Å². The van der Waals surface area contributed by atoms with Crippen LogP contribution in [0.4, 0.5) is 4.79 Å². The predicted octanol–water partition coefficient (Wildman–Crippen LogP) is 2.97. The van der Waals surface area contributed by atoms with Gasteiger partial charge in [-0.3, -0.25) is 10.1 Å². The number of imide groups is 1. The third-order valence-corrected chi connectivity index (χ3v) is 4.23. The van der Waals surface area contributed by atoms with Crippen LogP contribution in [0, 0.1) is 6.92 Å². The van der Waals surface area contributed by atoms with Crippen molar-refractivity contribution < 1.29 is 9.59 Å². The van der Waals surface area contributed by atoms with Gasteiger partial charge in [0.15, 0.2) is 0 Å². The standard InChI is InChI=1S/C15H22N2O2S/c1-9-6-7-11(15(3,4)5)8-12(9)20-10(2)13(18)17-14(16)19/h6-8,10H,1-5H3,(H3,16,17,18,19)/t10-/m1/s1. The highest BCUT2D eigenvalue weighted by Gasteiger charge is 2.19. The molecule has 110 valence electrons. The Morgan fingerprint density at radius 1 is 1.30 bits per heavy atom. The number of hydrogen-bond acceptors (Lipinski definition) is 3. The summed E-state index contributed by atoms with van der Waals surface area (Å²) in [6.07, 6.45) is 0.